The van der Waals surface area contributed by atoms with Crippen molar-refractivity contribution in [2.24, 2.45) is 5.73 Å². The molecule has 1 aromatic rings. The van der Waals surface area contributed by atoms with E-state index in [0.29, 0.717) is 6.04 Å². The van der Waals surface area contributed by atoms with Crippen molar-refractivity contribution in [2.45, 2.75) is 38.1 Å². The van der Waals surface area contributed by atoms with E-state index in [-0.39, 0.29) is 0 Å². The van der Waals surface area contributed by atoms with Gasteiger partial charge in [-0.15, -0.1) is 11.8 Å². The van der Waals surface area contributed by atoms with Crippen molar-refractivity contribution < 1.29 is 0 Å². The van der Waals surface area contributed by atoms with E-state index >= 15 is 0 Å². The fourth-order valence-corrected chi connectivity index (χ4v) is 3.44. The molecule has 0 saturated heterocycles. The Morgan fingerprint density at radius 3 is 2.76 bits per heavy atom. The summed E-state index contributed by atoms with van der Waals surface area (Å²) in [5.74, 6) is 1.18. The second-order valence-electron chi connectivity index (χ2n) is 4.90. The molecule has 17 heavy (non-hydrogen) atoms. The standard InChI is InChI=1S/C14H22N2S/c1-10-7-13-14(8-11(10)2)17-9-12(3)16(13)6-4-5-15/h7-8,12H,4-6,9,15H2,1-3H3. The largest absolute Gasteiger partial charge is 0.367 e. The number of anilines is 1. The van der Waals surface area contributed by atoms with Gasteiger partial charge in [-0.05, 0) is 57.0 Å². The average molecular weight is 250 g/mol. The monoisotopic (exact) mass is 250 g/mol. The molecule has 0 saturated carbocycles. The highest BCUT2D eigenvalue weighted by Gasteiger charge is 2.23. The van der Waals surface area contributed by atoms with Gasteiger partial charge in [0.1, 0.15) is 0 Å². The van der Waals surface area contributed by atoms with Crippen LogP contribution in [0.15, 0.2) is 17.0 Å². The molecule has 94 valence electrons. The van der Waals surface area contributed by atoms with Crippen LogP contribution in [0.4, 0.5) is 5.69 Å². The number of hydrogen-bond donors (Lipinski definition) is 1. The summed E-state index contributed by atoms with van der Waals surface area (Å²) in [5, 5.41) is 0. The summed E-state index contributed by atoms with van der Waals surface area (Å²) in [6.07, 6.45) is 1.07. The molecule has 0 spiro atoms. The number of nitrogens with zero attached hydrogens (tertiary/aromatic N) is 1. The van der Waals surface area contributed by atoms with Crippen molar-refractivity contribution in [1.82, 2.24) is 0 Å². The van der Waals surface area contributed by atoms with Gasteiger partial charge in [-0.3, -0.25) is 0 Å². The van der Waals surface area contributed by atoms with Crippen LogP contribution in [-0.2, 0) is 0 Å². The number of fused-ring (bicyclic) bond motifs is 1. The summed E-state index contributed by atoms with van der Waals surface area (Å²) in [6, 6.07) is 5.28. The first-order valence-electron chi connectivity index (χ1n) is 6.34. The Hall–Kier alpha value is -0.670. The maximum Gasteiger partial charge on any atom is 0.0509 e. The van der Waals surface area contributed by atoms with Gasteiger partial charge < -0.3 is 10.6 Å². The number of hydrogen-bond acceptors (Lipinski definition) is 3. The highest BCUT2D eigenvalue weighted by atomic mass is 32.2. The number of thioether (sulfide) groups is 1. The van der Waals surface area contributed by atoms with Crippen LogP contribution in [0.5, 0.6) is 0 Å². The lowest BCUT2D eigenvalue weighted by atomic mass is 10.1. The SMILES string of the molecule is Cc1cc2c(cc1C)N(CCCN)C(C)CS2. The van der Waals surface area contributed by atoms with Gasteiger partial charge >= 0.3 is 0 Å². The first-order chi connectivity index (χ1) is 8.13. The predicted molar refractivity (Wildman–Crippen MR) is 77.1 cm³/mol. The van der Waals surface area contributed by atoms with E-state index in [1.54, 1.807) is 0 Å². The summed E-state index contributed by atoms with van der Waals surface area (Å²) in [7, 11) is 0. The third kappa shape index (κ3) is 2.61. The van der Waals surface area contributed by atoms with E-state index in [1.165, 1.54) is 27.5 Å². The molecule has 0 radical (unpaired) electrons. The third-order valence-corrected chi connectivity index (χ3v) is 4.79. The lowest BCUT2D eigenvalue weighted by molar-refractivity contribution is 0.651. The zero-order valence-corrected chi connectivity index (χ0v) is 11.8. The van der Waals surface area contributed by atoms with Crippen molar-refractivity contribution in [2.75, 3.05) is 23.7 Å². The zero-order valence-electron chi connectivity index (χ0n) is 11.0. The van der Waals surface area contributed by atoms with Crippen LogP contribution in [0.3, 0.4) is 0 Å². The lowest BCUT2D eigenvalue weighted by Crippen LogP contribution is -2.39. The molecule has 1 aliphatic heterocycles. The van der Waals surface area contributed by atoms with Crippen LogP contribution in [-0.4, -0.2) is 24.9 Å². The Bertz CT molecular complexity index is 403. The molecule has 0 aliphatic carbocycles. The van der Waals surface area contributed by atoms with Crippen LogP contribution >= 0.6 is 11.8 Å². The molecule has 1 atom stereocenters. The van der Waals surface area contributed by atoms with Gasteiger partial charge in [-0.25, -0.2) is 0 Å². The molecule has 1 heterocycles. The van der Waals surface area contributed by atoms with Crippen LogP contribution in [0.2, 0.25) is 0 Å². The molecular formula is C14H22N2S. The predicted octanol–water partition coefficient (Wildman–Crippen LogP) is 2.95. The van der Waals surface area contributed by atoms with E-state index < -0.39 is 0 Å². The Kier molecular flexibility index (Phi) is 4.00. The van der Waals surface area contributed by atoms with Crippen molar-refractivity contribution in [3.63, 3.8) is 0 Å². The minimum absolute atomic E-state index is 0.612. The first kappa shape index (κ1) is 12.8. The smallest absolute Gasteiger partial charge is 0.0509 e. The second kappa shape index (κ2) is 5.32. The van der Waals surface area contributed by atoms with Gasteiger partial charge in [-0.1, -0.05) is 0 Å². The molecule has 0 bridgehead atoms. The maximum absolute atomic E-state index is 5.63. The highest BCUT2D eigenvalue weighted by molar-refractivity contribution is 7.99. The van der Waals surface area contributed by atoms with Gasteiger partial charge in [0.2, 0.25) is 0 Å². The second-order valence-corrected chi connectivity index (χ2v) is 5.96. The molecule has 1 unspecified atom stereocenters. The zero-order chi connectivity index (χ0) is 12.4. The van der Waals surface area contributed by atoms with Crippen molar-refractivity contribution in [1.29, 1.82) is 0 Å². The van der Waals surface area contributed by atoms with Crippen molar-refractivity contribution >= 4 is 17.4 Å². The topological polar surface area (TPSA) is 29.3 Å². The number of benzene rings is 1. The van der Waals surface area contributed by atoms with E-state index in [0.717, 1.165) is 19.5 Å². The molecule has 0 fully saturated rings. The first-order valence-corrected chi connectivity index (χ1v) is 7.32. The minimum atomic E-state index is 0.612. The van der Waals surface area contributed by atoms with E-state index in [4.69, 9.17) is 5.73 Å². The van der Waals surface area contributed by atoms with E-state index in [9.17, 15) is 0 Å². The highest BCUT2D eigenvalue weighted by Crippen LogP contribution is 2.39. The summed E-state index contributed by atoms with van der Waals surface area (Å²) in [5.41, 5.74) is 9.82. The van der Waals surface area contributed by atoms with Crippen molar-refractivity contribution in [3.8, 4) is 0 Å². The van der Waals surface area contributed by atoms with Crippen LogP contribution in [0, 0.1) is 13.8 Å². The van der Waals surface area contributed by atoms with Crippen molar-refractivity contribution in [3.05, 3.63) is 23.3 Å². The number of aryl methyl sites for hydroxylation is 2. The molecule has 0 aromatic heterocycles. The third-order valence-electron chi connectivity index (χ3n) is 3.50. The Morgan fingerprint density at radius 1 is 1.35 bits per heavy atom. The molecule has 0 amide bonds. The molecular weight excluding hydrogens is 228 g/mol. The summed E-state index contributed by atoms with van der Waals surface area (Å²) >= 11 is 1.98. The lowest BCUT2D eigenvalue weighted by Gasteiger charge is -2.37. The van der Waals surface area contributed by atoms with Gasteiger partial charge in [-0.2, -0.15) is 0 Å². The van der Waals surface area contributed by atoms with Gasteiger partial charge in [0.15, 0.2) is 0 Å². The van der Waals surface area contributed by atoms with E-state index in [1.807, 2.05) is 11.8 Å². The number of nitrogens with two attached hydrogens (primary N) is 1. The summed E-state index contributed by atoms with van der Waals surface area (Å²) in [4.78, 5) is 3.95. The van der Waals surface area contributed by atoms with Crippen LogP contribution in [0.1, 0.15) is 24.5 Å². The Balaban J connectivity index is 2.33. The van der Waals surface area contributed by atoms with Crippen LogP contribution in [0.25, 0.3) is 0 Å². The molecule has 1 aliphatic rings. The number of rotatable bonds is 3. The molecule has 1 aromatic carbocycles. The normalized spacial score (nSPS) is 19.3. The molecule has 2 rings (SSSR count). The molecule has 2 nitrogen and oxygen atoms in total. The fourth-order valence-electron chi connectivity index (χ4n) is 2.25. The maximum atomic E-state index is 5.63. The molecule has 2 N–H and O–H groups in total. The van der Waals surface area contributed by atoms with Gasteiger partial charge in [0.25, 0.3) is 0 Å². The Morgan fingerprint density at radius 2 is 2.06 bits per heavy atom. The molecule has 3 heteroatoms. The quantitative estimate of drug-likeness (QED) is 0.894. The summed E-state index contributed by atoms with van der Waals surface area (Å²) < 4.78 is 0. The van der Waals surface area contributed by atoms with Gasteiger partial charge in [0, 0.05) is 23.2 Å². The van der Waals surface area contributed by atoms with Gasteiger partial charge in [0.05, 0.1) is 5.69 Å². The Labute approximate surface area is 109 Å². The average Bonchev–Trinajstić information content (AvgIpc) is 2.30. The summed E-state index contributed by atoms with van der Waals surface area (Å²) in [6.45, 7) is 8.55. The van der Waals surface area contributed by atoms with E-state index in [2.05, 4.69) is 37.8 Å². The van der Waals surface area contributed by atoms with Crippen LogP contribution < -0.4 is 10.6 Å². The fraction of sp³-hybridized carbons (Fsp3) is 0.571. The minimum Gasteiger partial charge on any atom is -0.367 e.